The minimum absolute atomic E-state index is 0.0341. The molecule has 0 atom stereocenters. The summed E-state index contributed by atoms with van der Waals surface area (Å²) in [5.41, 5.74) is 0.905. The summed E-state index contributed by atoms with van der Waals surface area (Å²) in [7, 11) is 1.62. The van der Waals surface area contributed by atoms with Gasteiger partial charge in [0.25, 0.3) is 0 Å². The van der Waals surface area contributed by atoms with Crippen LogP contribution >= 0.6 is 0 Å². The number of halogens is 1. The summed E-state index contributed by atoms with van der Waals surface area (Å²) in [5.74, 6) is 0.291. The molecule has 2 N–H and O–H groups in total. The second kappa shape index (κ2) is 8.97. The minimum atomic E-state index is -0.515. The molecule has 1 aliphatic rings. The lowest BCUT2D eigenvalue weighted by Crippen LogP contribution is -2.47. The fourth-order valence-corrected chi connectivity index (χ4v) is 3.34. The smallest absolute Gasteiger partial charge is 0.233 e. The van der Waals surface area contributed by atoms with Crippen molar-refractivity contribution in [1.29, 1.82) is 0 Å². The molecule has 1 amide bonds. The van der Waals surface area contributed by atoms with Gasteiger partial charge in [0.1, 0.15) is 18.2 Å². The van der Waals surface area contributed by atoms with Gasteiger partial charge in [-0.15, -0.1) is 0 Å². The number of carbonyl (C=O) groups excluding carboxylic acids is 1. The molecule has 3 rings (SSSR count). The summed E-state index contributed by atoms with van der Waals surface area (Å²) in [6.07, 6.45) is 1.48. The van der Waals surface area contributed by atoms with Crippen LogP contribution in [-0.4, -0.2) is 32.7 Å². The number of amides is 1. The Bertz CT molecular complexity index is 770. The minimum Gasteiger partial charge on any atom is -0.489 e. The van der Waals surface area contributed by atoms with Gasteiger partial charge in [0.15, 0.2) is 0 Å². The van der Waals surface area contributed by atoms with Crippen molar-refractivity contribution in [3.63, 3.8) is 0 Å². The molecule has 0 bridgehead atoms. The monoisotopic (exact) mass is 372 g/mol. The Kier molecular flexibility index (Phi) is 6.42. The molecular weight excluding hydrogens is 347 g/mol. The molecule has 27 heavy (non-hydrogen) atoms. The number of ether oxygens (including phenoxy) is 2. The van der Waals surface area contributed by atoms with Gasteiger partial charge in [-0.25, -0.2) is 4.39 Å². The number of methoxy groups -OCH3 is 1. The topological polar surface area (TPSA) is 59.6 Å². The van der Waals surface area contributed by atoms with Crippen molar-refractivity contribution >= 4 is 11.6 Å². The summed E-state index contributed by atoms with van der Waals surface area (Å²) in [4.78, 5) is 12.9. The molecule has 1 heterocycles. The molecule has 0 aliphatic carbocycles. The highest BCUT2D eigenvalue weighted by Crippen LogP contribution is 2.31. The van der Waals surface area contributed by atoms with Crippen LogP contribution in [0.15, 0.2) is 48.5 Å². The molecule has 1 fully saturated rings. The van der Waals surface area contributed by atoms with Crippen LogP contribution in [0.2, 0.25) is 0 Å². The number of rotatable bonds is 7. The van der Waals surface area contributed by atoms with Crippen molar-refractivity contribution in [3.05, 3.63) is 59.9 Å². The van der Waals surface area contributed by atoms with Crippen LogP contribution < -0.4 is 15.4 Å². The normalized spacial score (nSPS) is 15.9. The predicted octanol–water partition coefficient (Wildman–Crippen LogP) is 3.36. The first-order chi connectivity index (χ1) is 13.1. The maximum absolute atomic E-state index is 13.3. The van der Waals surface area contributed by atoms with E-state index in [4.69, 9.17) is 9.47 Å². The largest absolute Gasteiger partial charge is 0.489 e. The molecule has 0 spiro atoms. The van der Waals surface area contributed by atoms with Gasteiger partial charge in [0.2, 0.25) is 5.91 Å². The lowest BCUT2D eigenvalue weighted by atomic mass is 9.78. The highest BCUT2D eigenvalue weighted by molar-refractivity contribution is 5.95. The zero-order chi connectivity index (χ0) is 19.1. The Morgan fingerprint density at radius 3 is 2.70 bits per heavy atom. The van der Waals surface area contributed by atoms with Crippen molar-refractivity contribution in [2.24, 2.45) is 5.41 Å². The van der Waals surface area contributed by atoms with E-state index in [1.807, 2.05) is 18.2 Å². The van der Waals surface area contributed by atoms with Crippen molar-refractivity contribution in [3.8, 4) is 5.75 Å². The van der Waals surface area contributed by atoms with E-state index in [-0.39, 0.29) is 18.3 Å². The van der Waals surface area contributed by atoms with Crippen LogP contribution in [0.25, 0.3) is 0 Å². The summed E-state index contributed by atoms with van der Waals surface area (Å²) < 4.78 is 24.3. The molecular formula is C21H25FN2O3. The van der Waals surface area contributed by atoms with Crippen LogP contribution in [0, 0.1) is 11.2 Å². The highest BCUT2D eigenvalue weighted by atomic mass is 19.1. The average Bonchev–Trinajstić information content (AvgIpc) is 2.68. The standard InChI is InChI=1S/C21H25FN2O3/c1-26-15-21(8-10-23-11-9-21)20(25)24-18-6-3-7-19(13-18)27-14-16-4-2-5-17(22)12-16/h2-7,12-13,23H,8-11,14-15H2,1H3,(H,24,25). The first kappa shape index (κ1) is 19.3. The molecule has 2 aromatic carbocycles. The fourth-order valence-electron chi connectivity index (χ4n) is 3.34. The second-order valence-electron chi connectivity index (χ2n) is 6.86. The van der Waals surface area contributed by atoms with Crippen molar-refractivity contribution in [2.45, 2.75) is 19.4 Å². The Labute approximate surface area is 158 Å². The van der Waals surface area contributed by atoms with Crippen molar-refractivity contribution < 1.29 is 18.7 Å². The van der Waals surface area contributed by atoms with Gasteiger partial charge >= 0.3 is 0 Å². The van der Waals surface area contributed by atoms with Crippen LogP contribution in [0.3, 0.4) is 0 Å². The second-order valence-corrected chi connectivity index (χ2v) is 6.86. The van der Waals surface area contributed by atoms with E-state index in [9.17, 15) is 9.18 Å². The van der Waals surface area contributed by atoms with Gasteiger partial charge in [-0.1, -0.05) is 18.2 Å². The molecule has 6 heteroatoms. The van der Waals surface area contributed by atoms with E-state index in [2.05, 4.69) is 10.6 Å². The Balaban J connectivity index is 1.65. The first-order valence-corrected chi connectivity index (χ1v) is 9.10. The van der Waals surface area contributed by atoms with Crippen molar-refractivity contribution in [2.75, 3.05) is 32.1 Å². The number of hydrogen-bond donors (Lipinski definition) is 2. The van der Waals surface area contributed by atoms with E-state index >= 15 is 0 Å². The van der Waals surface area contributed by atoms with Gasteiger partial charge in [0, 0.05) is 18.9 Å². The molecule has 0 saturated carbocycles. The van der Waals surface area contributed by atoms with Gasteiger partial charge in [-0.05, 0) is 55.8 Å². The molecule has 5 nitrogen and oxygen atoms in total. The maximum atomic E-state index is 13.3. The number of piperidine rings is 1. The van der Waals surface area contributed by atoms with E-state index in [1.54, 1.807) is 25.3 Å². The summed E-state index contributed by atoms with van der Waals surface area (Å²) >= 11 is 0. The predicted molar refractivity (Wildman–Crippen MR) is 102 cm³/mol. The van der Waals surface area contributed by atoms with Gasteiger partial charge < -0.3 is 20.1 Å². The van der Waals surface area contributed by atoms with E-state index in [0.29, 0.717) is 18.0 Å². The highest BCUT2D eigenvalue weighted by Gasteiger charge is 2.39. The third kappa shape index (κ3) is 5.05. The van der Waals surface area contributed by atoms with Gasteiger partial charge in [-0.2, -0.15) is 0 Å². The Morgan fingerprint density at radius 1 is 1.19 bits per heavy atom. The van der Waals surface area contributed by atoms with Crippen LogP contribution in [0.4, 0.5) is 10.1 Å². The number of nitrogens with one attached hydrogen (secondary N) is 2. The average molecular weight is 372 g/mol. The zero-order valence-electron chi connectivity index (χ0n) is 15.5. The lowest BCUT2D eigenvalue weighted by Gasteiger charge is -2.35. The molecule has 144 valence electrons. The molecule has 1 saturated heterocycles. The Morgan fingerprint density at radius 2 is 1.96 bits per heavy atom. The fraction of sp³-hybridized carbons (Fsp3) is 0.381. The molecule has 0 unspecified atom stereocenters. The SMILES string of the molecule is COCC1(C(=O)Nc2cccc(OCc3cccc(F)c3)c2)CCNCC1. The van der Waals surface area contributed by atoms with E-state index in [0.717, 1.165) is 31.5 Å². The number of carbonyl (C=O) groups is 1. The number of hydrogen-bond acceptors (Lipinski definition) is 4. The number of benzene rings is 2. The van der Waals surface area contributed by atoms with Crippen LogP contribution in [0.5, 0.6) is 5.75 Å². The first-order valence-electron chi connectivity index (χ1n) is 9.10. The molecule has 0 aromatic heterocycles. The summed E-state index contributed by atoms with van der Waals surface area (Å²) in [6.45, 7) is 2.26. The summed E-state index contributed by atoms with van der Waals surface area (Å²) in [5, 5.41) is 6.28. The molecule has 2 aromatic rings. The van der Waals surface area contributed by atoms with Crippen LogP contribution in [-0.2, 0) is 16.1 Å². The third-order valence-corrected chi connectivity index (χ3v) is 4.85. The molecule has 1 aliphatic heterocycles. The van der Waals surface area contributed by atoms with E-state index < -0.39 is 5.41 Å². The number of anilines is 1. The summed E-state index contributed by atoms with van der Waals surface area (Å²) in [6, 6.07) is 13.5. The van der Waals surface area contributed by atoms with Gasteiger partial charge in [0.05, 0.1) is 12.0 Å². The zero-order valence-corrected chi connectivity index (χ0v) is 15.5. The Hall–Kier alpha value is -2.44. The third-order valence-electron chi connectivity index (χ3n) is 4.85. The lowest BCUT2D eigenvalue weighted by molar-refractivity contribution is -0.130. The molecule has 0 radical (unpaired) electrons. The quantitative estimate of drug-likeness (QED) is 0.782. The van der Waals surface area contributed by atoms with Crippen molar-refractivity contribution in [1.82, 2.24) is 5.32 Å². The van der Waals surface area contributed by atoms with Gasteiger partial charge in [-0.3, -0.25) is 4.79 Å². The van der Waals surface area contributed by atoms with E-state index in [1.165, 1.54) is 12.1 Å². The van der Waals surface area contributed by atoms with Crippen LogP contribution in [0.1, 0.15) is 18.4 Å². The maximum Gasteiger partial charge on any atom is 0.233 e.